The Balaban J connectivity index is 1.44. The quantitative estimate of drug-likeness (QED) is 0.634. The number of nitrogens with one attached hydrogen (secondary N) is 1. The van der Waals surface area contributed by atoms with E-state index >= 15 is 0 Å². The Morgan fingerprint density at radius 3 is 2.42 bits per heavy atom. The molecule has 9 nitrogen and oxygen atoms in total. The Morgan fingerprint density at radius 2 is 1.79 bits per heavy atom. The molecule has 0 bridgehead atoms. The lowest BCUT2D eigenvalue weighted by molar-refractivity contribution is -0.122. The fourth-order valence-electron chi connectivity index (χ4n) is 4.56. The molecular formula is C23H34N4O5S. The summed E-state index contributed by atoms with van der Waals surface area (Å²) in [4.78, 5) is 29.0. The number of ether oxygens (including phenoxy) is 1. The summed E-state index contributed by atoms with van der Waals surface area (Å²) in [5, 5.41) is 2.99. The van der Waals surface area contributed by atoms with Gasteiger partial charge in [-0.2, -0.15) is 4.31 Å². The molecule has 1 saturated carbocycles. The van der Waals surface area contributed by atoms with Crippen LogP contribution in [0.3, 0.4) is 0 Å². The Hall–Kier alpha value is -2.17. The molecular weight excluding hydrogens is 444 g/mol. The van der Waals surface area contributed by atoms with Gasteiger partial charge in [-0.1, -0.05) is 6.42 Å². The van der Waals surface area contributed by atoms with Crippen LogP contribution in [0.2, 0.25) is 0 Å². The van der Waals surface area contributed by atoms with E-state index in [2.05, 4.69) is 5.32 Å². The van der Waals surface area contributed by atoms with E-state index in [1.165, 1.54) is 17.5 Å². The van der Waals surface area contributed by atoms with E-state index in [9.17, 15) is 18.0 Å². The molecule has 1 N–H and O–H groups in total. The number of rotatable bonds is 7. The number of piperazine rings is 1. The number of hydrogen-bond donors (Lipinski definition) is 1. The predicted octanol–water partition coefficient (Wildman–Crippen LogP) is 1.29. The van der Waals surface area contributed by atoms with Gasteiger partial charge in [0.2, 0.25) is 15.9 Å². The number of carbonyl (C=O) groups is 2. The van der Waals surface area contributed by atoms with E-state index in [4.69, 9.17) is 4.74 Å². The summed E-state index contributed by atoms with van der Waals surface area (Å²) in [6.45, 7) is 4.94. The fraction of sp³-hybridized carbons (Fsp3) is 0.652. The number of sulfonamides is 1. The fourth-order valence-corrected chi connectivity index (χ4v) is 6.45. The first-order valence-electron chi connectivity index (χ1n) is 11.8. The summed E-state index contributed by atoms with van der Waals surface area (Å²) in [6.07, 6.45) is 4.78. The van der Waals surface area contributed by atoms with E-state index in [1.807, 2.05) is 11.8 Å². The molecule has 1 unspecified atom stereocenters. The van der Waals surface area contributed by atoms with Crippen molar-refractivity contribution < 1.29 is 22.7 Å². The maximum atomic E-state index is 13.4. The van der Waals surface area contributed by atoms with Gasteiger partial charge in [-0.3, -0.25) is 14.5 Å². The number of amides is 2. The molecule has 1 aromatic carbocycles. The third-order valence-electron chi connectivity index (χ3n) is 6.71. The van der Waals surface area contributed by atoms with Crippen molar-refractivity contribution in [1.29, 1.82) is 0 Å². The average molecular weight is 479 g/mol. The first kappa shape index (κ1) is 24.0. The summed E-state index contributed by atoms with van der Waals surface area (Å²) in [7, 11) is -2.34. The minimum absolute atomic E-state index is 0.0363. The number of benzene rings is 1. The largest absolute Gasteiger partial charge is 0.495 e. The number of piperidine rings is 1. The van der Waals surface area contributed by atoms with Gasteiger partial charge in [-0.15, -0.1) is 0 Å². The summed E-state index contributed by atoms with van der Waals surface area (Å²) < 4.78 is 33.7. The summed E-state index contributed by atoms with van der Waals surface area (Å²) in [6, 6.07) is 4.89. The Bertz CT molecular complexity index is 987. The second-order valence-corrected chi connectivity index (χ2v) is 11.1. The molecule has 1 aliphatic carbocycles. The van der Waals surface area contributed by atoms with Gasteiger partial charge in [-0.05, 0) is 50.8 Å². The van der Waals surface area contributed by atoms with Crippen molar-refractivity contribution in [1.82, 2.24) is 19.4 Å². The van der Waals surface area contributed by atoms with Crippen LogP contribution in [0.4, 0.5) is 0 Å². The molecule has 1 aromatic rings. The minimum atomic E-state index is -3.78. The van der Waals surface area contributed by atoms with E-state index in [0.29, 0.717) is 50.9 Å². The Kier molecular flexibility index (Phi) is 7.25. The number of nitrogens with zero attached hydrogens (tertiary/aromatic N) is 3. The van der Waals surface area contributed by atoms with Crippen LogP contribution in [-0.4, -0.2) is 92.8 Å². The second kappa shape index (κ2) is 9.99. The molecule has 33 heavy (non-hydrogen) atoms. The van der Waals surface area contributed by atoms with Gasteiger partial charge in [0.15, 0.2) is 0 Å². The van der Waals surface area contributed by atoms with Crippen molar-refractivity contribution in [2.45, 2.75) is 56.0 Å². The summed E-state index contributed by atoms with van der Waals surface area (Å²) >= 11 is 0. The Morgan fingerprint density at radius 1 is 1.06 bits per heavy atom. The zero-order valence-corrected chi connectivity index (χ0v) is 20.3. The number of methoxy groups -OCH3 is 1. The minimum Gasteiger partial charge on any atom is -0.495 e. The zero-order chi connectivity index (χ0) is 23.6. The van der Waals surface area contributed by atoms with Crippen molar-refractivity contribution >= 4 is 21.8 Å². The van der Waals surface area contributed by atoms with Crippen LogP contribution in [-0.2, 0) is 14.8 Å². The average Bonchev–Trinajstić information content (AvgIpc) is 3.62. The van der Waals surface area contributed by atoms with Crippen LogP contribution in [0.15, 0.2) is 23.1 Å². The highest BCUT2D eigenvalue weighted by Gasteiger charge is 2.34. The van der Waals surface area contributed by atoms with Gasteiger partial charge in [0.25, 0.3) is 5.91 Å². The van der Waals surface area contributed by atoms with Gasteiger partial charge < -0.3 is 15.0 Å². The van der Waals surface area contributed by atoms with Gasteiger partial charge >= 0.3 is 0 Å². The highest BCUT2D eigenvalue weighted by atomic mass is 32.2. The maximum Gasteiger partial charge on any atom is 0.253 e. The molecule has 0 aromatic heterocycles. The summed E-state index contributed by atoms with van der Waals surface area (Å²) in [5.74, 6) is 0.0768. The molecule has 0 radical (unpaired) electrons. The normalized spacial score (nSPS) is 22.7. The van der Waals surface area contributed by atoms with Gasteiger partial charge in [0.05, 0.1) is 13.7 Å². The maximum absolute atomic E-state index is 13.4. The van der Waals surface area contributed by atoms with Crippen molar-refractivity contribution in [3.63, 3.8) is 0 Å². The molecule has 2 amide bonds. The SMILES string of the molecule is COc1ccc(C(=O)N2CCN(CC(=O)NC3CC3)CC2)cc1S(=O)(=O)N1CCCCC1C. The van der Waals surface area contributed by atoms with Gasteiger partial charge in [0, 0.05) is 50.4 Å². The lowest BCUT2D eigenvalue weighted by Crippen LogP contribution is -2.51. The standard InChI is InChI=1S/C23H34N4O5S/c1-17-5-3-4-10-27(17)33(30,31)21-15-18(6-9-20(21)32-2)23(29)26-13-11-25(12-14-26)16-22(28)24-19-7-8-19/h6,9,15,17,19H,3-5,7-8,10-14,16H2,1-2H3,(H,24,28). The van der Waals surface area contributed by atoms with Crippen LogP contribution in [0.25, 0.3) is 0 Å². The van der Waals surface area contributed by atoms with E-state index in [0.717, 1.165) is 32.1 Å². The zero-order valence-electron chi connectivity index (χ0n) is 19.5. The highest BCUT2D eigenvalue weighted by molar-refractivity contribution is 7.89. The number of carbonyl (C=O) groups excluding carboxylic acids is 2. The third kappa shape index (κ3) is 5.50. The topological polar surface area (TPSA) is 99.3 Å². The smallest absolute Gasteiger partial charge is 0.253 e. The van der Waals surface area contributed by atoms with Crippen LogP contribution in [0, 0.1) is 0 Å². The second-order valence-electron chi connectivity index (χ2n) is 9.24. The van der Waals surface area contributed by atoms with Crippen molar-refractivity contribution in [3.8, 4) is 5.75 Å². The molecule has 10 heteroatoms. The van der Waals surface area contributed by atoms with Crippen molar-refractivity contribution in [2.75, 3.05) is 46.4 Å². The Labute approximate surface area is 196 Å². The molecule has 0 spiro atoms. The van der Waals surface area contributed by atoms with Crippen LogP contribution < -0.4 is 10.1 Å². The van der Waals surface area contributed by atoms with E-state index in [1.54, 1.807) is 17.0 Å². The third-order valence-corrected chi connectivity index (χ3v) is 8.74. The molecule has 2 aliphatic heterocycles. The van der Waals surface area contributed by atoms with Gasteiger partial charge in [-0.25, -0.2) is 8.42 Å². The van der Waals surface area contributed by atoms with Gasteiger partial charge in [0.1, 0.15) is 10.6 Å². The predicted molar refractivity (Wildman–Crippen MR) is 124 cm³/mol. The molecule has 1 atom stereocenters. The molecule has 3 aliphatic rings. The lowest BCUT2D eigenvalue weighted by Gasteiger charge is -2.34. The summed E-state index contributed by atoms with van der Waals surface area (Å²) in [5.41, 5.74) is 0.332. The van der Waals surface area contributed by atoms with Crippen LogP contribution in [0.1, 0.15) is 49.4 Å². The molecule has 4 rings (SSSR count). The first-order chi connectivity index (χ1) is 15.8. The monoisotopic (exact) mass is 478 g/mol. The number of hydrogen-bond acceptors (Lipinski definition) is 6. The molecule has 2 saturated heterocycles. The van der Waals surface area contributed by atoms with Crippen LogP contribution in [0.5, 0.6) is 5.75 Å². The molecule has 3 fully saturated rings. The van der Waals surface area contributed by atoms with Crippen molar-refractivity contribution in [3.05, 3.63) is 23.8 Å². The van der Waals surface area contributed by atoms with Crippen molar-refractivity contribution in [2.24, 2.45) is 0 Å². The lowest BCUT2D eigenvalue weighted by atomic mass is 10.1. The van der Waals surface area contributed by atoms with E-state index in [-0.39, 0.29) is 28.5 Å². The molecule has 2 heterocycles. The first-order valence-corrected chi connectivity index (χ1v) is 13.2. The molecule has 182 valence electrons. The van der Waals surface area contributed by atoms with Crippen LogP contribution >= 0.6 is 0 Å². The highest BCUT2D eigenvalue weighted by Crippen LogP contribution is 2.32. The van der Waals surface area contributed by atoms with E-state index < -0.39 is 10.0 Å².